The summed E-state index contributed by atoms with van der Waals surface area (Å²) in [6, 6.07) is 19.4. The largest absolute Gasteiger partial charge is 0.490 e. The van der Waals surface area contributed by atoms with Crippen LogP contribution in [0.3, 0.4) is 0 Å². The van der Waals surface area contributed by atoms with Gasteiger partial charge in [-0.1, -0.05) is 60.7 Å². The molecule has 40 heavy (non-hydrogen) atoms. The Balaban J connectivity index is 1.56. The van der Waals surface area contributed by atoms with E-state index in [2.05, 4.69) is 0 Å². The molecular formula is C34H42O6. The molecule has 0 aliphatic carbocycles. The van der Waals surface area contributed by atoms with Crippen LogP contribution in [-0.2, 0) is 12.8 Å². The first-order valence-corrected chi connectivity index (χ1v) is 13.9. The van der Waals surface area contributed by atoms with Crippen molar-refractivity contribution in [1.29, 1.82) is 0 Å². The lowest BCUT2D eigenvalue weighted by Crippen LogP contribution is -2.22. The van der Waals surface area contributed by atoms with E-state index in [-0.39, 0.29) is 13.2 Å². The van der Waals surface area contributed by atoms with Crippen LogP contribution in [0, 0.1) is 0 Å². The molecule has 0 fully saturated rings. The Labute approximate surface area is 238 Å². The molecular weight excluding hydrogens is 504 g/mol. The molecule has 0 amide bonds. The number of aliphatic hydroxyl groups excluding tert-OH is 2. The van der Waals surface area contributed by atoms with Crippen molar-refractivity contribution >= 4 is 12.2 Å². The molecule has 0 saturated carbocycles. The van der Waals surface area contributed by atoms with E-state index >= 15 is 0 Å². The maximum Gasteiger partial charge on any atom is 0.161 e. The van der Waals surface area contributed by atoms with Gasteiger partial charge in [-0.05, 0) is 74.2 Å². The molecule has 0 heterocycles. The summed E-state index contributed by atoms with van der Waals surface area (Å²) in [5.41, 5.74) is 3.94. The zero-order chi connectivity index (χ0) is 28.7. The highest BCUT2D eigenvalue weighted by Gasteiger charge is 2.14. The van der Waals surface area contributed by atoms with Crippen LogP contribution in [0.15, 0.2) is 72.8 Å². The molecule has 3 rings (SSSR count). The average molecular weight is 547 g/mol. The molecule has 6 nitrogen and oxygen atoms in total. The topological polar surface area (TPSA) is 77.4 Å². The SMILES string of the molecule is C/C=C\c1ccc(OCC)c(OCC(O)Cc2cccc(CC(O)COc3cc(/C=C\C)ccc3OCC)c2)c1. The van der Waals surface area contributed by atoms with Gasteiger partial charge in [-0.25, -0.2) is 0 Å². The number of rotatable bonds is 16. The molecule has 6 heteroatoms. The summed E-state index contributed by atoms with van der Waals surface area (Å²) in [5, 5.41) is 21.4. The predicted molar refractivity (Wildman–Crippen MR) is 161 cm³/mol. The van der Waals surface area contributed by atoms with Crippen molar-refractivity contribution in [2.24, 2.45) is 0 Å². The van der Waals surface area contributed by atoms with Crippen molar-refractivity contribution in [3.8, 4) is 23.0 Å². The number of benzene rings is 3. The van der Waals surface area contributed by atoms with Gasteiger partial charge in [0.1, 0.15) is 13.2 Å². The fourth-order valence-electron chi connectivity index (χ4n) is 4.33. The second-order valence-corrected chi connectivity index (χ2v) is 9.44. The summed E-state index contributed by atoms with van der Waals surface area (Å²) in [6.07, 6.45) is 7.35. The van der Waals surface area contributed by atoms with Crippen LogP contribution in [0.2, 0.25) is 0 Å². The molecule has 2 unspecified atom stereocenters. The van der Waals surface area contributed by atoms with Gasteiger partial charge in [-0.3, -0.25) is 0 Å². The van der Waals surface area contributed by atoms with E-state index in [0.29, 0.717) is 49.1 Å². The van der Waals surface area contributed by atoms with Crippen LogP contribution < -0.4 is 18.9 Å². The third-order valence-electron chi connectivity index (χ3n) is 6.05. The van der Waals surface area contributed by atoms with Gasteiger partial charge >= 0.3 is 0 Å². The van der Waals surface area contributed by atoms with Crippen LogP contribution in [0.5, 0.6) is 23.0 Å². The summed E-state index contributed by atoms with van der Waals surface area (Å²) < 4.78 is 23.3. The zero-order valence-corrected chi connectivity index (χ0v) is 24.0. The zero-order valence-electron chi connectivity index (χ0n) is 24.0. The molecule has 3 aromatic rings. The fourth-order valence-corrected chi connectivity index (χ4v) is 4.33. The van der Waals surface area contributed by atoms with Crippen molar-refractivity contribution in [3.63, 3.8) is 0 Å². The number of hydrogen-bond acceptors (Lipinski definition) is 6. The van der Waals surface area contributed by atoms with Crippen molar-refractivity contribution < 1.29 is 29.2 Å². The van der Waals surface area contributed by atoms with E-state index in [0.717, 1.165) is 22.3 Å². The standard InChI is InChI=1S/C34H42O6/c1-5-10-25-14-16-31(37-7-3)33(21-25)39-23-29(35)19-27-12-9-13-28(18-27)20-30(36)24-40-34-22-26(11-6-2)15-17-32(34)38-8-4/h5-6,9-18,21-22,29-30,35-36H,7-8,19-20,23-24H2,1-4H3/b10-5-,11-6-. The van der Waals surface area contributed by atoms with E-state index < -0.39 is 12.2 Å². The highest BCUT2D eigenvalue weighted by atomic mass is 16.5. The minimum Gasteiger partial charge on any atom is -0.490 e. The Hall–Kier alpha value is -3.74. The molecule has 214 valence electrons. The molecule has 0 radical (unpaired) electrons. The highest BCUT2D eigenvalue weighted by Crippen LogP contribution is 2.30. The van der Waals surface area contributed by atoms with Crippen molar-refractivity contribution in [2.45, 2.75) is 52.7 Å². The minimum absolute atomic E-state index is 0.133. The van der Waals surface area contributed by atoms with Gasteiger partial charge in [0.15, 0.2) is 23.0 Å². The van der Waals surface area contributed by atoms with E-state index in [9.17, 15) is 10.2 Å². The Morgan fingerprint density at radius 2 is 1.05 bits per heavy atom. The summed E-state index contributed by atoms with van der Waals surface area (Å²) in [5.74, 6) is 2.53. The van der Waals surface area contributed by atoms with Crippen LogP contribution >= 0.6 is 0 Å². The molecule has 0 saturated heterocycles. The number of allylic oxidation sites excluding steroid dienone is 2. The monoisotopic (exact) mass is 546 g/mol. The Morgan fingerprint density at radius 1 is 0.600 bits per heavy atom. The number of ether oxygens (including phenoxy) is 4. The quantitative estimate of drug-likeness (QED) is 0.213. The van der Waals surface area contributed by atoms with Crippen LogP contribution in [0.1, 0.15) is 49.9 Å². The molecule has 0 aliphatic heterocycles. The lowest BCUT2D eigenvalue weighted by molar-refractivity contribution is 0.104. The Bertz CT molecular complexity index is 1160. The molecule has 0 aliphatic rings. The second kappa shape index (κ2) is 16.4. The van der Waals surface area contributed by atoms with E-state index in [4.69, 9.17) is 18.9 Å². The summed E-state index contributed by atoms with van der Waals surface area (Å²) >= 11 is 0. The molecule has 0 aromatic heterocycles. The van der Waals surface area contributed by atoms with Gasteiger partial charge < -0.3 is 29.2 Å². The van der Waals surface area contributed by atoms with E-state index in [1.807, 2.05) is 113 Å². The van der Waals surface area contributed by atoms with Crippen LogP contribution in [0.25, 0.3) is 12.2 Å². The average Bonchev–Trinajstić information content (AvgIpc) is 2.94. The molecule has 0 spiro atoms. The highest BCUT2D eigenvalue weighted by molar-refractivity contribution is 5.56. The van der Waals surface area contributed by atoms with E-state index in [1.54, 1.807) is 0 Å². The second-order valence-electron chi connectivity index (χ2n) is 9.44. The van der Waals surface area contributed by atoms with Crippen molar-refractivity contribution in [3.05, 3.63) is 95.1 Å². The first-order chi connectivity index (χ1) is 19.4. The smallest absolute Gasteiger partial charge is 0.161 e. The third-order valence-corrected chi connectivity index (χ3v) is 6.05. The summed E-state index contributed by atoms with van der Waals surface area (Å²) in [4.78, 5) is 0. The fraction of sp³-hybridized carbons (Fsp3) is 0.353. The predicted octanol–water partition coefficient (Wildman–Crippen LogP) is 6.52. The van der Waals surface area contributed by atoms with Gasteiger partial charge in [-0.15, -0.1) is 0 Å². The van der Waals surface area contributed by atoms with Gasteiger partial charge in [0.05, 0.1) is 25.4 Å². The number of aliphatic hydroxyl groups is 2. The first kappa shape index (κ1) is 30.8. The first-order valence-electron chi connectivity index (χ1n) is 13.9. The number of hydrogen-bond donors (Lipinski definition) is 2. The maximum atomic E-state index is 10.7. The minimum atomic E-state index is -0.704. The van der Waals surface area contributed by atoms with Gasteiger partial charge in [0.25, 0.3) is 0 Å². The van der Waals surface area contributed by atoms with Crippen molar-refractivity contribution in [1.82, 2.24) is 0 Å². The Morgan fingerprint density at radius 3 is 1.45 bits per heavy atom. The Kier molecular flexibility index (Phi) is 12.6. The maximum absolute atomic E-state index is 10.7. The van der Waals surface area contributed by atoms with Crippen LogP contribution in [0.4, 0.5) is 0 Å². The van der Waals surface area contributed by atoms with Crippen LogP contribution in [-0.4, -0.2) is 48.8 Å². The molecule has 2 N–H and O–H groups in total. The summed E-state index contributed by atoms with van der Waals surface area (Å²) in [6.45, 7) is 9.10. The lowest BCUT2D eigenvalue weighted by atomic mass is 10.0. The van der Waals surface area contributed by atoms with Gasteiger partial charge in [0, 0.05) is 12.8 Å². The normalized spacial score (nSPS) is 12.9. The lowest BCUT2D eigenvalue weighted by Gasteiger charge is -2.17. The van der Waals surface area contributed by atoms with Crippen molar-refractivity contribution in [2.75, 3.05) is 26.4 Å². The molecule has 0 bridgehead atoms. The molecule has 2 atom stereocenters. The van der Waals surface area contributed by atoms with E-state index in [1.165, 1.54) is 0 Å². The molecule has 3 aromatic carbocycles. The van der Waals surface area contributed by atoms with Gasteiger partial charge in [-0.2, -0.15) is 0 Å². The van der Waals surface area contributed by atoms with Gasteiger partial charge in [0.2, 0.25) is 0 Å². The summed E-state index contributed by atoms with van der Waals surface area (Å²) in [7, 11) is 0. The third kappa shape index (κ3) is 9.78.